The Kier molecular flexibility index (Phi) is 4.47. The number of rotatable bonds is 3. The van der Waals surface area contributed by atoms with E-state index in [1.54, 1.807) is 6.07 Å². The van der Waals surface area contributed by atoms with Crippen molar-refractivity contribution in [2.45, 2.75) is 25.1 Å². The number of hydrogen-bond donors (Lipinski definition) is 2. The first kappa shape index (κ1) is 14.3. The van der Waals surface area contributed by atoms with Gasteiger partial charge in [0.15, 0.2) is 0 Å². The molecule has 2 nitrogen and oxygen atoms in total. The van der Waals surface area contributed by atoms with Crippen LogP contribution in [-0.4, -0.2) is 20.1 Å². The molecule has 19 heavy (non-hydrogen) atoms. The van der Waals surface area contributed by atoms with Crippen LogP contribution in [0.3, 0.4) is 0 Å². The second-order valence-corrected chi connectivity index (χ2v) is 4.98. The molecule has 0 amide bonds. The summed E-state index contributed by atoms with van der Waals surface area (Å²) in [5.74, 6) is 0.384. The molecule has 0 saturated carbocycles. The lowest BCUT2D eigenvalue weighted by atomic mass is 9.85. The molecule has 1 aromatic carbocycles. The van der Waals surface area contributed by atoms with E-state index in [2.05, 4.69) is 10.6 Å². The van der Waals surface area contributed by atoms with Crippen molar-refractivity contribution >= 4 is 0 Å². The molecule has 0 aromatic heterocycles. The van der Waals surface area contributed by atoms with Gasteiger partial charge >= 0.3 is 6.18 Å². The lowest BCUT2D eigenvalue weighted by Gasteiger charge is -2.31. The minimum Gasteiger partial charge on any atom is -0.317 e. The van der Waals surface area contributed by atoms with Crippen LogP contribution in [0, 0.1) is 5.92 Å². The first-order chi connectivity index (χ1) is 9.02. The standard InChI is InChI=1S/C14H19F3N2/c1-18-13(10-5-7-19-8-6-10)11-3-2-4-12(9-11)14(15,16)17/h2-4,9-10,13,18-19H,5-8H2,1H3. The Labute approximate surface area is 111 Å². The zero-order valence-corrected chi connectivity index (χ0v) is 10.9. The zero-order valence-electron chi connectivity index (χ0n) is 10.9. The molecule has 1 heterocycles. The van der Waals surface area contributed by atoms with E-state index < -0.39 is 11.7 Å². The van der Waals surface area contributed by atoms with E-state index in [-0.39, 0.29) is 6.04 Å². The lowest BCUT2D eigenvalue weighted by molar-refractivity contribution is -0.137. The van der Waals surface area contributed by atoms with Gasteiger partial charge in [0.2, 0.25) is 0 Å². The van der Waals surface area contributed by atoms with E-state index in [9.17, 15) is 13.2 Å². The number of piperidine rings is 1. The number of hydrogen-bond acceptors (Lipinski definition) is 2. The topological polar surface area (TPSA) is 24.1 Å². The number of halogens is 3. The third-order valence-electron chi connectivity index (χ3n) is 3.74. The second kappa shape index (κ2) is 5.92. The SMILES string of the molecule is CNC(c1cccc(C(F)(F)F)c1)C1CCNCC1. The highest BCUT2D eigenvalue weighted by atomic mass is 19.4. The molecule has 1 saturated heterocycles. The van der Waals surface area contributed by atoms with Crippen molar-refractivity contribution in [3.63, 3.8) is 0 Å². The Morgan fingerprint density at radius 3 is 2.53 bits per heavy atom. The smallest absolute Gasteiger partial charge is 0.317 e. The molecule has 0 spiro atoms. The second-order valence-electron chi connectivity index (χ2n) is 4.98. The molecule has 1 unspecified atom stereocenters. The fourth-order valence-corrected chi connectivity index (χ4v) is 2.76. The van der Waals surface area contributed by atoms with Crippen molar-refractivity contribution in [1.82, 2.24) is 10.6 Å². The number of nitrogens with one attached hydrogen (secondary N) is 2. The highest BCUT2D eigenvalue weighted by Gasteiger charge is 2.32. The molecule has 0 radical (unpaired) electrons. The highest BCUT2D eigenvalue weighted by molar-refractivity contribution is 5.28. The predicted octanol–water partition coefficient (Wildman–Crippen LogP) is 2.97. The van der Waals surface area contributed by atoms with Gasteiger partial charge in [0.1, 0.15) is 0 Å². The normalized spacial score (nSPS) is 19.4. The molecular weight excluding hydrogens is 253 g/mol. The Morgan fingerprint density at radius 1 is 1.26 bits per heavy atom. The summed E-state index contributed by atoms with van der Waals surface area (Å²) in [6.07, 6.45) is -2.30. The summed E-state index contributed by atoms with van der Waals surface area (Å²) < 4.78 is 38.2. The maximum atomic E-state index is 12.7. The monoisotopic (exact) mass is 272 g/mol. The van der Waals surface area contributed by atoms with Gasteiger partial charge < -0.3 is 10.6 Å². The minimum absolute atomic E-state index is 0.00981. The van der Waals surface area contributed by atoms with Gasteiger partial charge in [-0.15, -0.1) is 0 Å². The quantitative estimate of drug-likeness (QED) is 0.884. The van der Waals surface area contributed by atoms with Crippen molar-refractivity contribution in [3.05, 3.63) is 35.4 Å². The van der Waals surface area contributed by atoms with Crippen LogP contribution < -0.4 is 10.6 Å². The van der Waals surface area contributed by atoms with Gasteiger partial charge in [-0.25, -0.2) is 0 Å². The average molecular weight is 272 g/mol. The van der Waals surface area contributed by atoms with Crippen LogP contribution in [0.4, 0.5) is 13.2 Å². The molecule has 5 heteroatoms. The fourth-order valence-electron chi connectivity index (χ4n) is 2.76. The van der Waals surface area contributed by atoms with Crippen molar-refractivity contribution in [2.75, 3.05) is 20.1 Å². The number of alkyl halides is 3. The van der Waals surface area contributed by atoms with E-state index in [4.69, 9.17) is 0 Å². The van der Waals surface area contributed by atoms with Gasteiger partial charge in [-0.2, -0.15) is 13.2 Å². The van der Waals surface area contributed by atoms with Gasteiger partial charge in [0.05, 0.1) is 5.56 Å². The molecule has 1 atom stereocenters. The fraction of sp³-hybridized carbons (Fsp3) is 0.571. The molecule has 1 aromatic rings. The van der Waals surface area contributed by atoms with Crippen molar-refractivity contribution < 1.29 is 13.2 Å². The van der Waals surface area contributed by atoms with Gasteiger partial charge in [0.25, 0.3) is 0 Å². The first-order valence-electron chi connectivity index (χ1n) is 6.57. The van der Waals surface area contributed by atoms with Crippen LogP contribution in [0.5, 0.6) is 0 Å². The Hall–Kier alpha value is -1.07. The summed E-state index contributed by atoms with van der Waals surface area (Å²) in [5.41, 5.74) is 0.156. The Bertz CT molecular complexity index is 411. The maximum absolute atomic E-state index is 12.7. The highest BCUT2D eigenvalue weighted by Crippen LogP contribution is 2.33. The molecule has 106 valence electrons. The van der Waals surface area contributed by atoms with Crippen LogP contribution in [-0.2, 0) is 6.18 Å². The van der Waals surface area contributed by atoms with Gasteiger partial charge in [-0.3, -0.25) is 0 Å². The van der Waals surface area contributed by atoms with Gasteiger partial charge in [-0.05, 0) is 56.6 Å². The first-order valence-corrected chi connectivity index (χ1v) is 6.57. The Balaban J connectivity index is 2.22. The predicted molar refractivity (Wildman–Crippen MR) is 68.8 cm³/mol. The van der Waals surface area contributed by atoms with Gasteiger partial charge in [0, 0.05) is 6.04 Å². The van der Waals surface area contributed by atoms with E-state index in [1.165, 1.54) is 12.1 Å². The molecule has 0 bridgehead atoms. The maximum Gasteiger partial charge on any atom is 0.416 e. The molecule has 2 rings (SSSR count). The van der Waals surface area contributed by atoms with Gasteiger partial charge in [-0.1, -0.05) is 12.1 Å². The van der Waals surface area contributed by atoms with Crippen molar-refractivity contribution in [2.24, 2.45) is 5.92 Å². The van der Waals surface area contributed by atoms with E-state index in [0.29, 0.717) is 5.92 Å². The lowest BCUT2D eigenvalue weighted by Crippen LogP contribution is -2.35. The van der Waals surface area contributed by atoms with Crippen LogP contribution in [0.1, 0.15) is 30.0 Å². The Morgan fingerprint density at radius 2 is 1.95 bits per heavy atom. The molecule has 2 N–H and O–H groups in total. The zero-order chi connectivity index (χ0) is 13.9. The summed E-state index contributed by atoms with van der Waals surface area (Å²) >= 11 is 0. The third kappa shape index (κ3) is 3.48. The summed E-state index contributed by atoms with van der Waals surface area (Å²) in [6.45, 7) is 1.86. The average Bonchev–Trinajstić information content (AvgIpc) is 2.40. The summed E-state index contributed by atoms with van der Waals surface area (Å²) in [5, 5.41) is 6.44. The number of benzene rings is 1. The van der Waals surface area contributed by atoms with Crippen LogP contribution in [0.25, 0.3) is 0 Å². The molecule has 1 aliphatic rings. The molecule has 1 aliphatic heterocycles. The largest absolute Gasteiger partial charge is 0.416 e. The molecular formula is C14H19F3N2. The summed E-state index contributed by atoms with van der Waals surface area (Å²) in [6, 6.07) is 5.65. The van der Waals surface area contributed by atoms with Crippen LogP contribution in [0.15, 0.2) is 24.3 Å². The molecule has 1 fully saturated rings. The third-order valence-corrected chi connectivity index (χ3v) is 3.74. The van der Waals surface area contributed by atoms with E-state index >= 15 is 0 Å². The summed E-state index contributed by atoms with van der Waals surface area (Å²) in [7, 11) is 1.81. The minimum atomic E-state index is -4.28. The van der Waals surface area contributed by atoms with Crippen LogP contribution >= 0.6 is 0 Å². The van der Waals surface area contributed by atoms with Crippen molar-refractivity contribution in [1.29, 1.82) is 0 Å². The van der Waals surface area contributed by atoms with Crippen molar-refractivity contribution in [3.8, 4) is 0 Å². The van der Waals surface area contributed by atoms with Crippen LogP contribution in [0.2, 0.25) is 0 Å². The molecule has 0 aliphatic carbocycles. The van der Waals surface area contributed by atoms with E-state index in [0.717, 1.165) is 37.6 Å². The van der Waals surface area contributed by atoms with E-state index in [1.807, 2.05) is 7.05 Å². The summed E-state index contributed by atoms with van der Waals surface area (Å²) in [4.78, 5) is 0.